The molecule has 0 nitrogen and oxygen atoms in total. The van der Waals surface area contributed by atoms with E-state index in [4.69, 9.17) is 0 Å². The molecule has 0 aromatic carbocycles. The summed E-state index contributed by atoms with van der Waals surface area (Å²) in [5.74, 6) is 0. The summed E-state index contributed by atoms with van der Waals surface area (Å²) in [5.41, 5.74) is 0. The second-order valence-electron chi connectivity index (χ2n) is 2.11. The van der Waals surface area contributed by atoms with Crippen LogP contribution >= 0.6 is 0 Å². The highest BCUT2D eigenvalue weighted by molar-refractivity contribution is 4.45. The van der Waals surface area contributed by atoms with Gasteiger partial charge in [0.05, 0.1) is 26.2 Å². The topological polar surface area (TPSA) is 0 Å². The molecule has 0 aliphatic heterocycles. The molecule has 0 amide bonds. The molecule has 0 aliphatic rings. The van der Waals surface area contributed by atoms with Crippen LogP contribution in [0, 0.1) is 0 Å². The molecule has 0 atom stereocenters. The van der Waals surface area contributed by atoms with Crippen LogP contribution in [0.4, 0.5) is 35.1 Å². The largest absolute Gasteiger partial charge is 0.391 e. The smallest absolute Gasteiger partial charge is 0.251 e. The van der Waals surface area contributed by atoms with Crippen molar-refractivity contribution >= 4 is 0 Å². The zero-order valence-corrected chi connectivity index (χ0v) is 6.85. The summed E-state index contributed by atoms with van der Waals surface area (Å²) in [5, 5.41) is 0. The van der Waals surface area contributed by atoms with E-state index in [0.717, 1.165) is 0 Å². The minimum absolute atomic E-state index is 1.32. The molecule has 0 bridgehead atoms. The monoisotopic (exact) mass is 232 g/mol. The van der Waals surface area contributed by atoms with E-state index in [-0.39, 0.29) is 0 Å². The molecule has 8 heteroatoms. The molecule has 0 saturated carbocycles. The first kappa shape index (κ1) is 15.9. The maximum absolute atomic E-state index is 10.8. The molecular formula is C6H8F8. The molecule has 0 spiro atoms. The Labute approximate surface area is 74.9 Å². The average molecular weight is 232 g/mol. The molecule has 14 heavy (non-hydrogen) atoms. The fourth-order valence-electron chi connectivity index (χ4n) is 0.214. The first-order chi connectivity index (χ1) is 6.12. The predicted molar refractivity (Wildman–Crippen MR) is 33.3 cm³/mol. The Morgan fingerprint density at radius 1 is 0.571 bits per heavy atom. The van der Waals surface area contributed by atoms with Crippen molar-refractivity contribution in [2.24, 2.45) is 0 Å². The van der Waals surface area contributed by atoms with Gasteiger partial charge in [0, 0.05) is 0 Å². The zero-order chi connectivity index (χ0) is 11.8. The molecule has 0 fully saturated rings. The zero-order valence-electron chi connectivity index (χ0n) is 6.85. The Balaban J connectivity index is 0. The van der Waals surface area contributed by atoms with Gasteiger partial charge in [0.25, 0.3) is 0 Å². The van der Waals surface area contributed by atoms with Gasteiger partial charge in [-0.1, -0.05) is 0 Å². The molecule has 0 aliphatic carbocycles. The third-order valence-electron chi connectivity index (χ3n) is 0.756. The molecule has 0 aromatic rings. The summed E-state index contributed by atoms with van der Waals surface area (Å²) in [6, 6.07) is 0. The Hall–Kier alpha value is -0.560. The van der Waals surface area contributed by atoms with Crippen LogP contribution in [-0.4, -0.2) is 25.7 Å². The molecule has 0 radical (unpaired) electrons. The van der Waals surface area contributed by atoms with E-state index < -0.39 is 38.5 Å². The third-order valence-corrected chi connectivity index (χ3v) is 0.756. The lowest BCUT2D eigenvalue weighted by Crippen LogP contribution is -2.07. The summed E-state index contributed by atoms with van der Waals surface area (Å²) in [7, 11) is 0. The molecule has 0 N–H and O–H groups in total. The van der Waals surface area contributed by atoms with Crippen LogP contribution in [0.2, 0.25) is 0 Å². The quantitative estimate of drug-likeness (QED) is 0.635. The van der Waals surface area contributed by atoms with Crippen LogP contribution in [0.3, 0.4) is 0 Å². The maximum atomic E-state index is 10.8. The standard InChI is InChI=1S/2C3H4F4/c2*4-2-1-3(5,6)7/h2*1-2H2. The van der Waals surface area contributed by atoms with Crippen molar-refractivity contribution in [3.63, 3.8) is 0 Å². The van der Waals surface area contributed by atoms with Crippen molar-refractivity contribution in [2.45, 2.75) is 25.2 Å². The lowest BCUT2D eigenvalue weighted by Gasteiger charge is -1.98. The molecule has 0 aromatic heterocycles. The predicted octanol–water partition coefficient (Wildman–Crippen LogP) is 3.82. The van der Waals surface area contributed by atoms with Gasteiger partial charge in [0.1, 0.15) is 0 Å². The highest BCUT2D eigenvalue weighted by Gasteiger charge is 2.26. The molecular weight excluding hydrogens is 224 g/mol. The van der Waals surface area contributed by atoms with Gasteiger partial charge in [-0.15, -0.1) is 0 Å². The SMILES string of the molecule is FCCC(F)(F)F.FCCC(F)(F)F. The Morgan fingerprint density at radius 3 is 0.786 bits per heavy atom. The Bertz CT molecular complexity index is 107. The van der Waals surface area contributed by atoms with Crippen LogP contribution in [0.5, 0.6) is 0 Å². The van der Waals surface area contributed by atoms with Crippen molar-refractivity contribution in [3.05, 3.63) is 0 Å². The van der Waals surface area contributed by atoms with Gasteiger partial charge in [-0.2, -0.15) is 26.3 Å². The van der Waals surface area contributed by atoms with Gasteiger partial charge in [-0.25, -0.2) is 0 Å². The lowest BCUT2D eigenvalue weighted by atomic mass is 10.5. The fraction of sp³-hybridized carbons (Fsp3) is 1.00. The number of alkyl halides is 8. The van der Waals surface area contributed by atoms with E-state index in [9.17, 15) is 35.1 Å². The Morgan fingerprint density at radius 2 is 0.786 bits per heavy atom. The highest BCUT2D eigenvalue weighted by atomic mass is 19.4. The number of hydrogen-bond donors (Lipinski definition) is 0. The highest BCUT2D eigenvalue weighted by Crippen LogP contribution is 2.19. The number of halogens is 8. The van der Waals surface area contributed by atoms with Gasteiger partial charge in [0.15, 0.2) is 0 Å². The molecule has 0 unspecified atom stereocenters. The van der Waals surface area contributed by atoms with Crippen LogP contribution in [0.15, 0.2) is 0 Å². The second kappa shape index (κ2) is 6.83. The van der Waals surface area contributed by atoms with Gasteiger partial charge in [-0.3, -0.25) is 8.78 Å². The molecule has 88 valence electrons. The van der Waals surface area contributed by atoms with Crippen LogP contribution in [0.25, 0.3) is 0 Å². The average Bonchev–Trinajstić information content (AvgIpc) is 1.81. The minimum Gasteiger partial charge on any atom is -0.251 e. The van der Waals surface area contributed by atoms with E-state index >= 15 is 0 Å². The summed E-state index contributed by atoms with van der Waals surface area (Å²) < 4.78 is 86.4. The summed E-state index contributed by atoms with van der Waals surface area (Å²) in [6.45, 7) is -2.63. The van der Waals surface area contributed by atoms with Crippen molar-refractivity contribution in [2.75, 3.05) is 13.3 Å². The van der Waals surface area contributed by atoms with Crippen LogP contribution in [-0.2, 0) is 0 Å². The lowest BCUT2D eigenvalue weighted by molar-refractivity contribution is -0.138. The number of hydrogen-bond acceptors (Lipinski definition) is 0. The van der Waals surface area contributed by atoms with Crippen LogP contribution in [0.1, 0.15) is 12.8 Å². The van der Waals surface area contributed by atoms with Crippen molar-refractivity contribution in [1.82, 2.24) is 0 Å². The van der Waals surface area contributed by atoms with Gasteiger partial charge < -0.3 is 0 Å². The molecule has 0 rings (SSSR count). The van der Waals surface area contributed by atoms with Gasteiger partial charge in [-0.05, 0) is 0 Å². The van der Waals surface area contributed by atoms with Crippen LogP contribution < -0.4 is 0 Å². The molecule has 0 saturated heterocycles. The van der Waals surface area contributed by atoms with E-state index in [1.165, 1.54) is 0 Å². The fourth-order valence-corrected chi connectivity index (χ4v) is 0.214. The van der Waals surface area contributed by atoms with E-state index in [1.807, 2.05) is 0 Å². The van der Waals surface area contributed by atoms with Gasteiger partial charge >= 0.3 is 12.4 Å². The van der Waals surface area contributed by atoms with E-state index in [1.54, 1.807) is 0 Å². The second-order valence-corrected chi connectivity index (χ2v) is 2.11. The van der Waals surface area contributed by atoms with Crippen molar-refractivity contribution in [3.8, 4) is 0 Å². The summed E-state index contributed by atoms with van der Waals surface area (Å²) in [4.78, 5) is 0. The van der Waals surface area contributed by atoms with E-state index in [2.05, 4.69) is 0 Å². The third kappa shape index (κ3) is 22.5. The minimum atomic E-state index is -4.32. The first-order valence-corrected chi connectivity index (χ1v) is 3.38. The first-order valence-electron chi connectivity index (χ1n) is 3.38. The maximum Gasteiger partial charge on any atom is 0.391 e. The number of rotatable bonds is 2. The van der Waals surface area contributed by atoms with E-state index in [0.29, 0.717) is 0 Å². The normalized spacial score (nSPS) is 12.0. The Kier molecular flexibility index (Phi) is 7.75. The van der Waals surface area contributed by atoms with Crippen molar-refractivity contribution in [1.29, 1.82) is 0 Å². The summed E-state index contributed by atoms with van der Waals surface area (Å²) in [6.07, 6.45) is -11.3. The van der Waals surface area contributed by atoms with Crippen molar-refractivity contribution < 1.29 is 35.1 Å². The molecule has 0 heterocycles. The summed E-state index contributed by atoms with van der Waals surface area (Å²) >= 11 is 0. The van der Waals surface area contributed by atoms with Gasteiger partial charge in [0.2, 0.25) is 0 Å².